The maximum Gasteiger partial charge on any atom is 0.0994 e. The predicted molar refractivity (Wildman–Crippen MR) is 79.2 cm³/mol. The summed E-state index contributed by atoms with van der Waals surface area (Å²) >= 11 is 0. The molecular formula is C16H26N2O. The third-order valence-corrected chi connectivity index (χ3v) is 4.09. The van der Waals surface area contributed by atoms with Gasteiger partial charge in [-0.2, -0.15) is 0 Å². The minimum atomic E-state index is -0.779. The number of benzene rings is 1. The van der Waals surface area contributed by atoms with Gasteiger partial charge in [0.05, 0.1) is 5.60 Å². The van der Waals surface area contributed by atoms with Crippen LogP contribution in [-0.2, 0) is 5.60 Å². The first-order chi connectivity index (χ1) is 8.99. The summed E-state index contributed by atoms with van der Waals surface area (Å²) in [6.45, 7) is 8.16. The van der Waals surface area contributed by atoms with Crippen molar-refractivity contribution in [1.29, 1.82) is 0 Å². The second-order valence-electron chi connectivity index (χ2n) is 6.08. The molecule has 3 heteroatoms. The standard InChI is InChI=1S/C16H26N2O/c1-14-12-17(3)10-7-11-18(14)13-16(2,19)15-8-5-4-6-9-15/h4-6,8-9,14,19H,7,10-13H2,1-3H3. The molecule has 1 heterocycles. The molecule has 1 aromatic carbocycles. The molecule has 0 amide bonds. The lowest BCUT2D eigenvalue weighted by Crippen LogP contribution is -2.45. The van der Waals surface area contributed by atoms with Crippen LogP contribution in [0.3, 0.4) is 0 Å². The van der Waals surface area contributed by atoms with Crippen LogP contribution in [0.15, 0.2) is 30.3 Å². The quantitative estimate of drug-likeness (QED) is 0.901. The molecule has 1 N–H and O–H groups in total. The van der Waals surface area contributed by atoms with Gasteiger partial charge in [-0.05, 0) is 46.0 Å². The monoisotopic (exact) mass is 262 g/mol. The van der Waals surface area contributed by atoms with Crippen molar-refractivity contribution < 1.29 is 5.11 Å². The fraction of sp³-hybridized carbons (Fsp3) is 0.625. The number of rotatable bonds is 3. The summed E-state index contributed by atoms with van der Waals surface area (Å²) in [7, 11) is 2.18. The Morgan fingerprint density at radius 1 is 1.26 bits per heavy atom. The maximum absolute atomic E-state index is 10.8. The molecule has 2 unspecified atom stereocenters. The zero-order valence-electron chi connectivity index (χ0n) is 12.3. The maximum atomic E-state index is 10.8. The highest BCUT2D eigenvalue weighted by molar-refractivity contribution is 5.21. The van der Waals surface area contributed by atoms with Gasteiger partial charge >= 0.3 is 0 Å². The highest BCUT2D eigenvalue weighted by atomic mass is 16.3. The summed E-state index contributed by atoms with van der Waals surface area (Å²) in [5, 5.41) is 10.8. The zero-order chi connectivity index (χ0) is 13.9. The van der Waals surface area contributed by atoms with E-state index in [1.54, 1.807) is 0 Å². The van der Waals surface area contributed by atoms with Gasteiger partial charge in [-0.3, -0.25) is 4.90 Å². The molecule has 19 heavy (non-hydrogen) atoms. The van der Waals surface area contributed by atoms with Crippen molar-refractivity contribution in [3.8, 4) is 0 Å². The van der Waals surface area contributed by atoms with Crippen LogP contribution in [0.2, 0.25) is 0 Å². The van der Waals surface area contributed by atoms with E-state index in [1.807, 2.05) is 37.3 Å². The largest absolute Gasteiger partial charge is 0.384 e. The van der Waals surface area contributed by atoms with Crippen LogP contribution < -0.4 is 0 Å². The molecule has 0 saturated carbocycles. The van der Waals surface area contributed by atoms with Crippen LogP contribution in [0.5, 0.6) is 0 Å². The number of nitrogens with zero attached hydrogens (tertiary/aromatic N) is 2. The topological polar surface area (TPSA) is 26.7 Å². The van der Waals surface area contributed by atoms with Crippen LogP contribution in [0.1, 0.15) is 25.8 Å². The van der Waals surface area contributed by atoms with E-state index >= 15 is 0 Å². The van der Waals surface area contributed by atoms with Gasteiger partial charge in [-0.1, -0.05) is 30.3 Å². The number of hydrogen-bond donors (Lipinski definition) is 1. The Morgan fingerprint density at radius 3 is 2.63 bits per heavy atom. The highest BCUT2D eigenvalue weighted by Crippen LogP contribution is 2.23. The van der Waals surface area contributed by atoms with Crippen molar-refractivity contribution >= 4 is 0 Å². The Morgan fingerprint density at radius 2 is 1.95 bits per heavy atom. The van der Waals surface area contributed by atoms with E-state index in [0.29, 0.717) is 12.6 Å². The Hall–Kier alpha value is -0.900. The minimum Gasteiger partial charge on any atom is -0.384 e. The summed E-state index contributed by atoms with van der Waals surface area (Å²) in [4.78, 5) is 4.79. The molecule has 0 radical (unpaired) electrons. The minimum absolute atomic E-state index is 0.489. The van der Waals surface area contributed by atoms with Gasteiger partial charge in [0.2, 0.25) is 0 Å². The van der Waals surface area contributed by atoms with Crippen LogP contribution in [0.4, 0.5) is 0 Å². The van der Waals surface area contributed by atoms with Crippen LogP contribution in [0, 0.1) is 0 Å². The lowest BCUT2D eigenvalue weighted by molar-refractivity contribution is 0.00521. The lowest BCUT2D eigenvalue weighted by atomic mass is 9.95. The van der Waals surface area contributed by atoms with Crippen LogP contribution >= 0.6 is 0 Å². The molecule has 1 aliphatic rings. The van der Waals surface area contributed by atoms with E-state index in [-0.39, 0.29) is 0 Å². The van der Waals surface area contributed by atoms with Gasteiger partial charge < -0.3 is 10.0 Å². The molecule has 1 aliphatic heterocycles. The van der Waals surface area contributed by atoms with Gasteiger partial charge in [0.15, 0.2) is 0 Å². The predicted octanol–water partition coefficient (Wildman–Crippen LogP) is 1.92. The average Bonchev–Trinajstić information content (AvgIpc) is 2.52. The Kier molecular flexibility index (Phi) is 4.61. The molecule has 2 atom stereocenters. The normalized spacial score (nSPS) is 25.8. The molecule has 0 bridgehead atoms. The second kappa shape index (κ2) is 6.04. The summed E-state index contributed by atoms with van der Waals surface area (Å²) in [5.74, 6) is 0. The Balaban J connectivity index is 2.06. The lowest BCUT2D eigenvalue weighted by Gasteiger charge is -2.35. The fourth-order valence-corrected chi connectivity index (χ4v) is 2.94. The first-order valence-electron chi connectivity index (χ1n) is 7.19. The second-order valence-corrected chi connectivity index (χ2v) is 6.08. The van der Waals surface area contributed by atoms with Crippen LogP contribution in [-0.4, -0.2) is 54.2 Å². The number of β-amino-alcohol motifs (C(OH)–C–C–N with tert-alkyl or cyclic N) is 1. The molecule has 0 aliphatic carbocycles. The molecule has 3 nitrogen and oxygen atoms in total. The third kappa shape index (κ3) is 3.78. The highest BCUT2D eigenvalue weighted by Gasteiger charge is 2.29. The molecule has 1 aromatic rings. The van der Waals surface area contributed by atoms with Gasteiger partial charge in [-0.15, -0.1) is 0 Å². The van der Waals surface area contributed by atoms with E-state index in [1.165, 1.54) is 6.42 Å². The van der Waals surface area contributed by atoms with Crippen molar-refractivity contribution in [3.05, 3.63) is 35.9 Å². The van der Waals surface area contributed by atoms with Crippen molar-refractivity contribution in [3.63, 3.8) is 0 Å². The first kappa shape index (κ1) is 14.5. The summed E-state index contributed by atoms with van der Waals surface area (Å²) in [6.07, 6.45) is 1.17. The van der Waals surface area contributed by atoms with Crippen molar-refractivity contribution in [2.75, 3.05) is 33.2 Å². The van der Waals surface area contributed by atoms with Gasteiger partial charge in [0.1, 0.15) is 0 Å². The van der Waals surface area contributed by atoms with E-state index in [0.717, 1.165) is 25.2 Å². The van der Waals surface area contributed by atoms with E-state index < -0.39 is 5.60 Å². The van der Waals surface area contributed by atoms with Gasteiger partial charge in [0.25, 0.3) is 0 Å². The first-order valence-corrected chi connectivity index (χ1v) is 7.19. The zero-order valence-corrected chi connectivity index (χ0v) is 12.3. The van der Waals surface area contributed by atoms with Crippen molar-refractivity contribution in [1.82, 2.24) is 9.80 Å². The number of hydrogen-bond acceptors (Lipinski definition) is 3. The summed E-state index contributed by atoms with van der Waals surface area (Å²) in [6, 6.07) is 10.5. The average molecular weight is 262 g/mol. The summed E-state index contributed by atoms with van der Waals surface area (Å²) in [5.41, 5.74) is 0.220. The van der Waals surface area contributed by atoms with Gasteiger partial charge in [-0.25, -0.2) is 0 Å². The fourth-order valence-electron chi connectivity index (χ4n) is 2.94. The Labute approximate surface area is 116 Å². The Bertz CT molecular complexity index is 391. The van der Waals surface area contributed by atoms with Crippen molar-refractivity contribution in [2.45, 2.75) is 31.9 Å². The van der Waals surface area contributed by atoms with Gasteiger partial charge in [0, 0.05) is 19.1 Å². The number of likely N-dealkylation sites (N-methyl/N-ethyl adjacent to an activating group) is 1. The summed E-state index contributed by atoms with van der Waals surface area (Å²) < 4.78 is 0. The van der Waals surface area contributed by atoms with E-state index in [4.69, 9.17) is 0 Å². The third-order valence-electron chi connectivity index (χ3n) is 4.09. The smallest absolute Gasteiger partial charge is 0.0994 e. The molecule has 0 aromatic heterocycles. The van der Waals surface area contributed by atoms with E-state index in [2.05, 4.69) is 23.8 Å². The van der Waals surface area contributed by atoms with Crippen LogP contribution in [0.25, 0.3) is 0 Å². The number of aliphatic hydroxyl groups is 1. The molecular weight excluding hydrogens is 236 g/mol. The molecule has 0 spiro atoms. The van der Waals surface area contributed by atoms with E-state index in [9.17, 15) is 5.11 Å². The SMILES string of the molecule is CC1CN(C)CCCN1CC(C)(O)c1ccccc1. The molecule has 2 rings (SSSR count). The molecule has 1 saturated heterocycles. The molecule has 106 valence electrons. The molecule has 1 fully saturated rings. The van der Waals surface area contributed by atoms with Crippen molar-refractivity contribution in [2.24, 2.45) is 0 Å².